The number of benzene rings is 1. The molecule has 0 spiro atoms. The minimum Gasteiger partial charge on any atom is -0.271 e. The summed E-state index contributed by atoms with van der Waals surface area (Å²) >= 11 is 7.40. The van der Waals surface area contributed by atoms with Crippen LogP contribution >= 0.6 is 39.5 Å². The molecule has 3 N–H and O–H groups in total. The summed E-state index contributed by atoms with van der Waals surface area (Å²) in [7, 11) is 0. The quantitative estimate of drug-likeness (QED) is 0.635. The van der Waals surface area contributed by atoms with E-state index in [1.54, 1.807) is 0 Å². The first-order valence-electron chi connectivity index (χ1n) is 6.25. The third kappa shape index (κ3) is 4.11. The number of nitrogens with two attached hydrogens (primary N) is 1. The molecule has 1 aliphatic heterocycles. The molecule has 3 atom stereocenters. The Labute approximate surface area is 130 Å². The second-order valence-electron chi connectivity index (χ2n) is 4.62. The van der Waals surface area contributed by atoms with Gasteiger partial charge in [-0.3, -0.25) is 11.3 Å². The maximum atomic E-state index is 13.1. The van der Waals surface area contributed by atoms with Gasteiger partial charge in [-0.2, -0.15) is 23.5 Å². The molecule has 0 radical (unpaired) electrons. The summed E-state index contributed by atoms with van der Waals surface area (Å²) < 4.78 is 13.9. The number of halogens is 2. The Morgan fingerprint density at radius 3 is 2.84 bits per heavy atom. The highest BCUT2D eigenvalue weighted by Crippen LogP contribution is 2.34. The Kier molecular flexibility index (Phi) is 6.02. The van der Waals surface area contributed by atoms with E-state index in [1.165, 1.54) is 23.6 Å². The van der Waals surface area contributed by atoms with Gasteiger partial charge in [0.2, 0.25) is 0 Å². The third-order valence-corrected chi connectivity index (χ3v) is 7.29. The van der Waals surface area contributed by atoms with E-state index in [4.69, 9.17) is 5.84 Å². The van der Waals surface area contributed by atoms with E-state index >= 15 is 0 Å². The molecule has 0 aromatic heterocycles. The Hall–Kier alpha value is 0.250. The predicted octanol–water partition coefficient (Wildman–Crippen LogP) is 3.20. The normalized spacial score (nSPS) is 25.3. The highest BCUT2D eigenvalue weighted by Gasteiger charge is 2.30. The van der Waals surface area contributed by atoms with E-state index in [0.29, 0.717) is 10.5 Å². The van der Waals surface area contributed by atoms with Gasteiger partial charge in [0.1, 0.15) is 5.82 Å². The fourth-order valence-electron chi connectivity index (χ4n) is 2.29. The molecule has 6 heteroatoms. The summed E-state index contributed by atoms with van der Waals surface area (Å²) in [6, 6.07) is 5.04. The maximum Gasteiger partial charge on any atom is 0.124 e. The second kappa shape index (κ2) is 7.31. The summed E-state index contributed by atoms with van der Waals surface area (Å²) in [6.45, 7) is 2.26. The summed E-state index contributed by atoms with van der Waals surface area (Å²) in [4.78, 5) is 0. The summed E-state index contributed by atoms with van der Waals surface area (Å²) in [5.41, 5.74) is 4.03. The molecule has 1 heterocycles. The van der Waals surface area contributed by atoms with Crippen molar-refractivity contribution in [1.82, 2.24) is 5.43 Å². The van der Waals surface area contributed by atoms with Crippen LogP contribution in [0.4, 0.5) is 4.39 Å². The molecule has 0 saturated carbocycles. The van der Waals surface area contributed by atoms with Crippen LogP contribution in [0.15, 0.2) is 22.7 Å². The lowest BCUT2D eigenvalue weighted by molar-refractivity contribution is 0.500. The molecule has 1 saturated heterocycles. The van der Waals surface area contributed by atoms with Crippen molar-refractivity contribution in [1.29, 1.82) is 0 Å². The van der Waals surface area contributed by atoms with Gasteiger partial charge < -0.3 is 0 Å². The van der Waals surface area contributed by atoms with Gasteiger partial charge in [0.05, 0.1) is 0 Å². The van der Waals surface area contributed by atoms with Crippen LogP contribution in [0.1, 0.15) is 12.5 Å². The second-order valence-corrected chi connectivity index (χ2v) is 8.25. The summed E-state index contributed by atoms with van der Waals surface area (Å²) in [5.74, 6) is 7.89. The average molecular weight is 365 g/mol. The van der Waals surface area contributed by atoms with Crippen molar-refractivity contribution in [2.75, 3.05) is 11.5 Å². The minimum absolute atomic E-state index is 0.203. The smallest absolute Gasteiger partial charge is 0.124 e. The molecule has 1 aliphatic rings. The van der Waals surface area contributed by atoms with Crippen LogP contribution in [0.5, 0.6) is 0 Å². The molecule has 1 fully saturated rings. The molecule has 2 rings (SSSR count). The van der Waals surface area contributed by atoms with Crippen molar-refractivity contribution in [3.05, 3.63) is 34.1 Å². The van der Waals surface area contributed by atoms with Crippen molar-refractivity contribution in [3.8, 4) is 0 Å². The molecule has 0 bridgehead atoms. The van der Waals surface area contributed by atoms with Crippen LogP contribution in [0.25, 0.3) is 0 Å². The monoisotopic (exact) mass is 364 g/mol. The van der Waals surface area contributed by atoms with Gasteiger partial charge in [0.15, 0.2) is 0 Å². The highest BCUT2D eigenvalue weighted by atomic mass is 79.9. The fourth-order valence-corrected chi connectivity index (χ4v) is 5.74. The summed E-state index contributed by atoms with van der Waals surface area (Å²) in [6.07, 6.45) is 0.805. The Balaban J connectivity index is 2.09. The van der Waals surface area contributed by atoms with Gasteiger partial charge in [-0.25, -0.2) is 4.39 Å². The van der Waals surface area contributed by atoms with Gasteiger partial charge in [-0.15, -0.1) is 0 Å². The molecule has 0 aliphatic carbocycles. The zero-order valence-electron chi connectivity index (χ0n) is 10.7. The van der Waals surface area contributed by atoms with Crippen molar-refractivity contribution in [3.63, 3.8) is 0 Å². The highest BCUT2D eigenvalue weighted by molar-refractivity contribution is 9.10. The van der Waals surface area contributed by atoms with E-state index in [0.717, 1.165) is 16.5 Å². The van der Waals surface area contributed by atoms with Crippen molar-refractivity contribution >= 4 is 39.5 Å². The standard InChI is InChI=1S/C13H18BrFN2S2/c1-8-13(19-5-4-18-8)12(17-16)6-9-2-3-10(15)7-11(9)14/h2-3,7-8,12-13,17H,4-6,16H2,1H3. The zero-order valence-corrected chi connectivity index (χ0v) is 14.0. The van der Waals surface area contributed by atoms with Crippen LogP contribution in [0.2, 0.25) is 0 Å². The lowest BCUT2D eigenvalue weighted by atomic mass is 10.0. The Morgan fingerprint density at radius 1 is 1.47 bits per heavy atom. The van der Waals surface area contributed by atoms with Crippen molar-refractivity contribution in [2.45, 2.75) is 29.9 Å². The molecule has 1 aromatic rings. The molecule has 106 valence electrons. The topological polar surface area (TPSA) is 38.0 Å². The number of hydrogen-bond acceptors (Lipinski definition) is 4. The van der Waals surface area contributed by atoms with Crippen LogP contribution < -0.4 is 11.3 Å². The maximum absolute atomic E-state index is 13.1. The molecule has 1 aromatic carbocycles. The molecule has 0 amide bonds. The van der Waals surface area contributed by atoms with E-state index in [1.807, 2.05) is 29.6 Å². The molecular weight excluding hydrogens is 347 g/mol. The van der Waals surface area contributed by atoms with Crippen LogP contribution in [-0.2, 0) is 6.42 Å². The number of rotatable bonds is 4. The van der Waals surface area contributed by atoms with Crippen LogP contribution in [0, 0.1) is 5.82 Å². The number of nitrogens with one attached hydrogen (secondary N) is 1. The largest absolute Gasteiger partial charge is 0.271 e. The summed E-state index contributed by atoms with van der Waals surface area (Å²) in [5, 5.41) is 1.07. The number of hydrogen-bond donors (Lipinski definition) is 2. The van der Waals surface area contributed by atoms with E-state index < -0.39 is 0 Å². The first-order chi connectivity index (χ1) is 9.11. The van der Waals surface area contributed by atoms with Crippen LogP contribution in [-0.4, -0.2) is 28.0 Å². The molecule has 19 heavy (non-hydrogen) atoms. The third-order valence-electron chi connectivity index (χ3n) is 3.30. The van der Waals surface area contributed by atoms with E-state index in [2.05, 4.69) is 28.3 Å². The number of thioether (sulfide) groups is 2. The lowest BCUT2D eigenvalue weighted by Gasteiger charge is -2.34. The van der Waals surface area contributed by atoms with E-state index in [9.17, 15) is 4.39 Å². The van der Waals surface area contributed by atoms with Crippen molar-refractivity contribution < 1.29 is 4.39 Å². The molecule has 2 nitrogen and oxygen atoms in total. The van der Waals surface area contributed by atoms with Gasteiger partial charge >= 0.3 is 0 Å². The predicted molar refractivity (Wildman–Crippen MR) is 87.1 cm³/mol. The lowest BCUT2D eigenvalue weighted by Crippen LogP contribution is -2.48. The van der Waals surface area contributed by atoms with Gasteiger partial charge in [0.25, 0.3) is 0 Å². The Morgan fingerprint density at radius 2 is 2.21 bits per heavy atom. The van der Waals surface area contributed by atoms with Gasteiger partial charge in [-0.05, 0) is 24.1 Å². The average Bonchev–Trinajstić information content (AvgIpc) is 2.39. The number of hydrazine groups is 1. The first kappa shape index (κ1) is 15.6. The Bertz CT molecular complexity index is 433. The van der Waals surface area contributed by atoms with E-state index in [-0.39, 0.29) is 11.9 Å². The van der Waals surface area contributed by atoms with Crippen molar-refractivity contribution in [2.24, 2.45) is 5.84 Å². The zero-order chi connectivity index (χ0) is 13.8. The van der Waals surface area contributed by atoms with Crippen LogP contribution in [0.3, 0.4) is 0 Å². The van der Waals surface area contributed by atoms with Gasteiger partial charge in [-0.1, -0.05) is 28.9 Å². The SMILES string of the molecule is CC1SCCSC1C(Cc1ccc(F)cc1Br)NN. The fraction of sp³-hybridized carbons (Fsp3) is 0.538. The minimum atomic E-state index is -0.219. The van der Waals surface area contributed by atoms with Gasteiger partial charge in [0, 0.05) is 32.5 Å². The molecule has 3 unspecified atom stereocenters. The molecular formula is C13H18BrFN2S2. The first-order valence-corrected chi connectivity index (χ1v) is 9.14.